The maximum atomic E-state index is 11.9. The molecule has 0 saturated carbocycles. The normalized spacial score (nSPS) is 14.4. The lowest BCUT2D eigenvalue weighted by Gasteiger charge is -2.21. The smallest absolute Gasteiger partial charge is 0.230 e. The van der Waals surface area contributed by atoms with Gasteiger partial charge in [0, 0.05) is 10.6 Å². The topological polar surface area (TPSA) is 69.6 Å². The molecule has 0 radical (unpaired) electrons. The second-order valence-electron chi connectivity index (χ2n) is 4.66. The first kappa shape index (κ1) is 16.5. The lowest BCUT2D eigenvalue weighted by atomic mass is 10.0. The fourth-order valence-electron chi connectivity index (χ4n) is 1.59. The van der Waals surface area contributed by atoms with Crippen LogP contribution in [-0.4, -0.2) is 40.3 Å². The molecular weight excluding hydrogens is 282 g/mol. The van der Waals surface area contributed by atoms with Crippen LogP contribution in [0.25, 0.3) is 0 Å². The van der Waals surface area contributed by atoms with Gasteiger partial charge in [0.2, 0.25) is 5.91 Å². The predicted molar refractivity (Wildman–Crippen MR) is 80.5 cm³/mol. The van der Waals surface area contributed by atoms with Crippen molar-refractivity contribution in [1.29, 1.82) is 0 Å². The van der Waals surface area contributed by atoms with E-state index in [0.717, 1.165) is 4.88 Å². The van der Waals surface area contributed by atoms with Crippen LogP contribution < -0.4 is 5.32 Å². The Hall–Kier alpha value is -0.560. The SMILES string of the molecule is CC(C)C(NC(=O)CSCC(O)CO)c1cccs1. The molecule has 108 valence electrons. The number of hydrogen-bond donors (Lipinski definition) is 3. The standard InChI is InChI=1S/C13H21NO3S2/c1-9(2)13(11-4-3-5-19-11)14-12(17)8-18-7-10(16)6-15/h3-5,9-10,13,15-16H,6-8H2,1-2H3,(H,14,17). The minimum absolute atomic E-state index is 0.0378. The van der Waals surface area contributed by atoms with Crippen LogP contribution >= 0.6 is 23.1 Å². The second kappa shape index (κ2) is 8.58. The molecule has 0 aromatic carbocycles. The third-order valence-corrected chi connectivity index (χ3v) is 4.63. The van der Waals surface area contributed by atoms with Crippen LogP contribution in [0, 0.1) is 5.92 Å². The summed E-state index contributed by atoms with van der Waals surface area (Å²) in [4.78, 5) is 13.0. The third-order valence-electron chi connectivity index (χ3n) is 2.59. The predicted octanol–water partition coefficient (Wildman–Crippen LogP) is 1.65. The number of nitrogens with one attached hydrogen (secondary N) is 1. The van der Waals surface area contributed by atoms with Gasteiger partial charge in [-0.15, -0.1) is 23.1 Å². The van der Waals surface area contributed by atoms with E-state index in [9.17, 15) is 9.90 Å². The van der Waals surface area contributed by atoms with Crippen LogP contribution in [0.1, 0.15) is 24.8 Å². The van der Waals surface area contributed by atoms with E-state index in [1.165, 1.54) is 11.8 Å². The molecule has 19 heavy (non-hydrogen) atoms. The lowest BCUT2D eigenvalue weighted by Crippen LogP contribution is -2.32. The van der Waals surface area contributed by atoms with Gasteiger partial charge in [0.25, 0.3) is 0 Å². The van der Waals surface area contributed by atoms with Crippen molar-refractivity contribution >= 4 is 29.0 Å². The summed E-state index contributed by atoms with van der Waals surface area (Å²) in [6.07, 6.45) is -0.754. The Morgan fingerprint density at radius 2 is 2.26 bits per heavy atom. The molecule has 0 saturated heterocycles. The molecule has 6 heteroatoms. The Morgan fingerprint density at radius 1 is 1.53 bits per heavy atom. The van der Waals surface area contributed by atoms with Crippen LogP contribution in [-0.2, 0) is 4.79 Å². The van der Waals surface area contributed by atoms with Crippen LogP contribution in [0.3, 0.4) is 0 Å². The van der Waals surface area contributed by atoms with Gasteiger partial charge in [-0.1, -0.05) is 19.9 Å². The zero-order valence-electron chi connectivity index (χ0n) is 11.2. The van der Waals surface area contributed by atoms with Crippen LogP contribution in [0.4, 0.5) is 0 Å². The van der Waals surface area contributed by atoms with Gasteiger partial charge in [-0.05, 0) is 17.4 Å². The van der Waals surface area contributed by atoms with E-state index in [1.54, 1.807) is 11.3 Å². The fraction of sp³-hybridized carbons (Fsp3) is 0.615. The highest BCUT2D eigenvalue weighted by Gasteiger charge is 2.19. The molecule has 0 aliphatic carbocycles. The average Bonchev–Trinajstić information content (AvgIpc) is 2.88. The van der Waals surface area contributed by atoms with Gasteiger partial charge in [0.1, 0.15) is 0 Å². The molecule has 1 heterocycles. The first-order chi connectivity index (χ1) is 9.04. The number of amides is 1. The summed E-state index contributed by atoms with van der Waals surface area (Å²) < 4.78 is 0. The molecule has 1 aromatic heterocycles. The number of rotatable bonds is 8. The van der Waals surface area contributed by atoms with Gasteiger partial charge in [0.05, 0.1) is 24.5 Å². The number of aliphatic hydroxyl groups excluding tert-OH is 2. The largest absolute Gasteiger partial charge is 0.394 e. The molecule has 2 unspecified atom stereocenters. The summed E-state index contributed by atoms with van der Waals surface area (Å²) in [5, 5.41) is 22.9. The van der Waals surface area contributed by atoms with Crippen molar-refractivity contribution in [3.05, 3.63) is 22.4 Å². The summed E-state index contributed by atoms with van der Waals surface area (Å²) in [7, 11) is 0. The zero-order chi connectivity index (χ0) is 14.3. The molecule has 0 spiro atoms. The van der Waals surface area contributed by atoms with E-state index in [0.29, 0.717) is 17.4 Å². The van der Waals surface area contributed by atoms with Crippen molar-refractivity contribution in [2.24, 2.45) is 5.92 Å². The van der Waals surface area contributed by atoms with Gasteiger partial charge in [-0.3, -0.25) is 4.79 Å². The molecule has 3 N–H and O–H groups in total. The zero-order valence-corrected chi connectivity index (χ0v) is 12.8. The van der Waals surface area contributed by atoms with Gasteiger partial charge in [0.15, 0.2) is 0 Å². The van der Waals surface area contributed by atoms with Gasteiger partial charge in [-0.25, -0.2) is 0 Å². The first-order valence-corrected chi connectivity index (χ1v) is 8.27. The van der Waals surface area contributed by atoms with E-state index < -0.39 is 6.10 Å². The molecule has 4 nitrogen and oxygen atoms in total. The Balaban J connectivity index is 2.40. The minimum atomic E-state index is -0.754. The maximum Gasteiger partial charge on any atom is 0.230 e. The van der Waals surface area contributed by atoms with Gasteiger partial charge in [-0.2, -0.15) is 0 Å². The molecular formula is C13H21NO3S2. The molecule has 1 aromatic rings. The molecule has 0 aliphatic heterocycles. The maximum absolute atomic E-state index is 11.9. The summed E-state index contributed by atoms with van der Waals surface area (Å²) in [5.41, 5.74) is 0. The van der Waals surface area contributed by atoms with Gasteiger partial charge >= 0.3 is 0 Å². The monoisotopic (exact) mass is 303 g/mol. The van der Waals surface area contributed by atoms with Crippen LogP contribution in [0.2, 0.25) is 0 Å². The third kappa shape index (κ3) is 5.95. The van der Waals surface area contributed by atoms with E-state index >= 15 is 0 Å². The Bertz CT molecular complexity index is 368. The van der Waals surface area contributed by atoms with Crippen LogP contribution in [0.5, 0.6) is 0 Å². The summed E-state index contributed by atoms with van der Waals surface area (Å²) in [6, 6.07) is 4.04. The minimum Gasteiger partial charge on any atom is -0.394 e. The number of aliphatic hydroxyl groups is 2. The van der Waals surface area contributed by atoms with Crippen LogP contribution in [0.15, 0.2) is 17.5 Å². The van der Waals surface area contributed by atoms with E-state index in [2.05, 4.69) is 19.2 Å². The average molecular weight is 303 g/mol. The van der Waals surface area contributed by atoms with Crippen molar-refractivity contribution in [2.75, 3.05) is 18.1 Å². The quantitative estimate of drug-likeness (QED) is 0.683. The van der Waals surface area contributed by atoms with Crippen molar-refractivity contribution in [3.63, 3.8) is 0 Å². The molecule has 2 atom stereocenters. The highest BCUT2D eigenvalue weighted by molar-refractivity contribution is 7.99. The Morgan fingerprint density at radius 3 is 2.79 bits per heavy atom. The highest BCUT2D eigenvalue weighted by Crippen LogP contribution is 2.25. The number of thioether (sulfide) groups is 1. The molecule has 0 fully saturated rings. The summed E-state index contributed by atoms with van der Waals surface area (Å²) in [6.45, 7) is 3.89. The van der Waals surface area contributed by atoms with Crippen molar-refractivity contribution in [2.45, 2.75) is 26.0 Å². The highest BCUT2D eigenvalue weighted by atomic mass is 32.2. The molecule has 0 aliphatic rings. The van der Waals surface area contributed by atoms with Crippen molar-refractivity contribution in [3.8, 4) is 0 Å². The number of carbonyl (C=O) groups is 1. The second-order valence-corrected chi connectivity index (χ2v) is 6.67. The van der Waals surface area contributed by atoms with Gasteiger partial charge < -0.3 is 15.5 Å². The Kier molecular flexibility index (Phi) is 7.45. The fourth-order valence-corrected chi connectivity index (χ4v) is 3.30. The first-order valence-electron chi connectivity index (χ1n) is 6.24. The van der Waals surface area contributed by atoms with E-state index in [-0.39, 0.29) is 18.6 Å². The lowest BCUT2D eigenvalue weighted by molar-refractivity contribution is -0.119. The number of hydrogen-bond acceptors (Lipinski definition) is 5. The Labute approximate surface area is 122 Å². The number of carbonyl (C=O) groups excluding carboxylic acids is 1. The summed E-state index contributed by atoms with van der Waals surface area (Å²) in [5.74, 6) is 0.957. The number of thiophene rings is 1. The van der Waals surface area contributed by atoms with E-state index in [1.807, 2.05) is 17.5 Å². The van der Waals surface area contributed by atoms with Crippen molar-refractivity contribution in [1.82, 2.24) is 5.32 Å². The summed E-state index contributed by atoms with van der Waals surface area (Å²) >= 11 is 2.97. The molecule has 1 amide bonds. The molecule has 1 rings (SSSR count). The molecule has 0 bridgehead atoms. The van der Waals surface area contributed by atoms with E-state index in [4.69, 9.17) is 5.11 Å². The van der Waals surface area contributed by atoms with Crippen molar-refractivity contribution < 1.29 is 15.0 Å².